The molecule has 0 amide bonds. The van der Waals surface area contributed by atoms with Crippen LogP contribution in [0.1, 0.15) is 12.5 Å². The van der Waals surface area contributed by atoms with Crippen LogP contribution in [-0.4, -0.2) is 44.9 Å². The zero-order chi connectivity index (χ0) is 14.4. The van der Waals surface area contributed by atoms with Gasteiger partial charge in [-0.3, -0.25) is 4.68 Å². The van der Waals surface area contributed by atoms with E-state index >= 15 is 0 Å². The molecular formula is C12H19N7O. The van der Waals surface area contributed by atoms with E-state index < -0.39 is 0 Å². The highest BCUT2D eigenvalue weighted by molar-refractivity contribution is 5.35. The van der Waals surface area contributed by atoms with Crippen LogP contribution in [0.15, 0.2) is 12.4 Å². The Morgan fingerprint density at radius 3 is 2.70 bits per heavy atom. The summed E-state index contributed by atoms with van der Waals surface area (Å²) in [7, 11) is 3.65. The molecule has 108 valence electrons. The summed E-state index contributed by atoms with van der Waals surface area (Å²) in [4.78, 5) is 12.5. The van der Waals surface area contributed by atoms with E-state index in [1.54, 1.807) is 11.7 Å². The van der Waals surface area contributed by atoms with Crippen LogP contribution < -0.4 is 15.4 Å². The molecule has 8 nitrogen and oxygen atoms in total. The number of rotatable bonds is 7. The van der Waals surface area contributed by atoms with Crippen LogP contribution in [0.4, 0.5) is 11.9 Å². The molecule has 2 rings (SSSR count). The van der Waals surface area contributed by atoms with Crippen molar-refractivity contribution >= 4 is 11.9 Å². The zero-order valence-corrected chi connectivity index (χ0v) is 11.9. The number of nitrogens with one attached hydrogen (secondary N) is 2. The molecule has 0 aromatic carbocycles. The molecule has 0 aliphatic carbocycles. The lowest BCUT2D eigenvalue weighted by atomic mass is 10.2. The molecule has 0 saturated heterocycles. The summed E-state index contributed by atoms with van der Waals surface area (Å²) in [6.07, 6.45) is 4.68. The SMILES string of the molecule is CCOc1nc(NC)nc(NCCc2cnn(C)c2)n1. The third kappa shape index (κ3) is 3.81. The molecule has 2 N–H and O–H groups in total. The fourth-order valence-corrected chi connectivity index (χ4v) is 1.66. The minimum absolute atomic E-state index is 0.315. The van der Waals surface area contributed by atoms with Gasteiger partial charge in [-0.05, 0) is 18.9 Å². The Kier molecular flexibility index (Phi) is 4.70. The minimum Gasteiger partial charge on any atom is -0.464 e. The van der Waals surface area contributed by atoms with Crippen molar-refractivity contribution in [2.24, 2.45) is 7.05 Å². The Bertz CT molecular complexity index is 554. The number of nitrogens with zero attached hydrogens (tertiary/aromatic N) is 5. The summed E-state index contributed by atoms with van der Waals surface area (Å²) in [5.41, 5.74) is 1.16. The predicted molar refractivity (Wildman–Crippen MR) is 75.9 cm³/mol. The summed E-state index contributed by atoms with van der Waals surface area (Å²) in [6, 6.07) is 0.315. The van der Waals surface area contributed by atoms with E-state index in [1.807, 2.05) is 26.4 Å². The quantitative estimate of drug-likeness (QED) is 0.770. The summed E-state index contributed by atoms with van der Waals surface area (Å²) in [6.45, 7) is 3.12. The van der Waals surface area contributed by atoms with Gasteiger partial charge in [-0.2, -0.15) is 20.1 Å². The maximum atomic E-state index is 5.30. The number of ether oxygens (including phenoxy) is 1. The molecule has 0 aliphatic rings. The van der Waals surface area contributed by atoms with Gasteiger partial charge in [-0.25, -0.2) is 0 Å². The smallest absolute Gasteiger partial charge is 0.323 e. The molecule has 2 aromatic rings. The van der Waals surface area contributed by atoms with E-state index in [0.717, 1.165) is 12.0 Å². The van der Waals surface area contributed by atoms with Gasteiger partial charge >= 0.3 is 6.01 Å². The second kappa shape index (κ2) is 6.69. The maximum Gasteiger partial charge on any atom is 0.323 e. The normalized spacial score (nSPS) is 10.3. The van der Waals surface area contributed by atoms with E-state index in [0.29, 0.717) is 31.1 Å². The molecule has 2 heterocycles. The first kappa shape index (κ1) is 14.0. The Labute approximate surface area is 117 Å². The molecule has 0 aliphatic heterocycles. The standard InChI is InChI=1S/C12H19N7O/c1-4-20-12-17-10(13-2)16-11(18-12)14-6-5-9-7-15-19(3)8-9/h7-8H,4-6H2,1-3H3,(H2,13,14,16,17,18). The Morgan fingerprint density at radius 2 is 2.05 bits per heavy atom. The molecule has 20 heavy (non-hydrogen) atoms. The van der Waals surface area contributed by atoms with E-state index in [2.05, 4.69) is 30.7 Å². The number of aromatic nitrogens is 5. The van der Waals surface area contributed by atoms with Crippen LogP contribution in [0, 0.1) is 0 Å². The highest BCUT2D eigenvalue weighted by atomic mass is 16.5. The first-order valence-corrected chi connectivity index (χ1v) is 6.49. The van der Waals surface area contributed by atoms with E-state index in [9.17, 15) is 0 Å². The number of aryl methyl sites for hydroxylation is 1. The average Bonchev–Trinajstić information content (AvgIpc) is 2.84. The van der Waals surface area contributed by atoms with Gasteiger partial charge in [0, 0.05) is 26.8 Å². The molecule has 0 atom stereocenters. The summed E-state index contributed by atoms with van der Waals surface area (Å²) >= 11 is 0. The summed E-state index contributed by atoms with van der Waals surface area (Å²) < 4.78 is 7.08. The monoisotopic (exact) mass is 277 g/mol. The molecule has 0 spiro atoms. The summed E-state index contributed by atoms with van der Waals surface area (Å²) in [5.74, 6) is 0.976. The molecule has 0 unspecified atom stereocenters. The lowest BCUT2D eigenvalue weighted by molar-refractivity contribution is 0.312. The Morgan fingerprint density at radius 1 is 1.25 bits per heavy atom. The van der Waals surface area contributed by atoms with Crippen molar-refractivity contribution in [3.8, 4) is 6.01 Å². The molecule has 2 aromatic heterocycles. The van der Waals surface area contributed by atoms with Gasteiger partial charge in [0.05, 0.1) is 12.8 Å². The molecule has 0 saturated carbocycles. The van der Waals surface area contributed by atoms with Gasteiger partial charge in [0.2, 0.25) is 11.9 Å². The van der Waals surface area contributed by atoms with Gasteiger partial charge in [-0.1, -0.05) is 0 Å². The number of anilines is 2. The highest BCUT2D eigenvalue weighted by Crippen LogP contribution is 2.10. The van der Waals surface area contributed by atoms with Crippen LogP contribution in [0.2, 0.25) is 0 Å². The third-order valence-electron chi connectivity index (χ3n) is 2.57. The van der Waals surface area contributed by atoms with Crippen LogP contribution in [0.3, 0.4) is 0 Å². The van der Waals surface area contributed by atoms with Gasteiger partial charge < -0.3 is 15.4 Å². The van der Waals surface area contributed by atoms with E-state index in [1.165, 1.54) is 0 Å². The van der Waals surface area contributed by atoms with Crippen molar-refractivity contribution in [3.05, 3.63) is 18.0 Å². The largest absolute Gasteiger partial charge is 0.464 e. The fourth-order valence-electron chi connectivity index (χ4n) is 1.66. The van der Waals surface area contributed by atoms with Crippen LogP contribution >= 0.6 is 0 Å². The highest BCUT2D eigenvalue weighted by Gasteiger charge is 2.06. The van der Waals surface area contributed by atoms with Crippen molar-refractivity contribution in [1.82, 2.24) is 24.7 Å². The van der Waals surface area contributed by atoms with Crippen LogP contribution in [-0.2, 0) is 13.5 Å². The van der Waals surface area contributed by atoms with Crippen LogP contribution in [0.5, 0.6) is 6.01 Å². The van der Waals surface area contributed by atoms with Gasteiger partial charge in [-0.15, -0.1) is 0 Å². The molecule has 0 fully saturated rings. The molecule has 8 heteroatoms. The second-order valence-corrected chi connectivity index (χ2v) is 4.15. The maximum absolute atomic E-state index is 5.30. The van der Waals surface area contributed by atoms with E-state index in [-0.39, 0.29) is 0 Å². The van der Waals surface area contributed by atoms with E-state index in [4.69, 9.17) is 4.74 Å². The van der Waals surface area contributed by atoms with Gasteiger partial charge in [0.1, 0.15) is 0 Å². The Balaban J connectivity index is 1.95. The lowest BCUT2D eigenvalue weighted by Crippen LogP contribution is -2.11. The minimum atomic E-state index is 0.315. The summed E-state index contributed by atoms with van der Waals surface area (Å²) in [5, 5.41) is 10.2. The first-order chi connectivity index (χ1) is 9.71. The van der Waals surface area contributed by atoms with Crippen molar-refractivity contribution in [1.29, 1.82) is 0 Å². The Hall–Kier alpha value is -2.38. The van der Waals surface area contributed by atoms with Crippen LogP contribution in [0.25, 0.3) is 0 Å². The lowest BCUT2D eigenvalue weighted by Gasteiger charge is -2.08. The van der Waals surface area contributed by atoms with Crippen molar-refractivity contribution < 1.29 is 4.74 Å². The number of hydrogen-bond donors (Lipinski definition) is 2. The average molecular weight is 277 g/mol. The van der Waals surface area contributed by atoms with Crippen molar-refractivity contribution in [2.75, 3.05) is 30.8 Å². The first-order valence-electron chi connectivity index (χ1n) is 6.49. The fraction of sp³-hybridized carbons (Fsp3) is 0.500. The predicted octanol–water partition coefficient (Wildman–Crippen LogP) is 0.700. The second-order valence-electron chi connectivity index (χ2n) is 4.15. The van der Waals surface area contributed by atoms with Gasteiger partial charge in [0.15, 0.2) is 0 Å². The molecular weight excluding hydrogens is 258 g/mol. The number of hydrogen-bond acceptors (Lipinski definition) is 7. The van der Waals surface area contributed by atoms with Crippen molar-refractivity contribution in [2.45, 2.75) is 13.3 Å². The van der Waals surface area contributed by atoms with Gasteiger partial charge in [0.25, 0.3) is 0 Å². The zero-order valence-electron chi connectivity index (χ0n) is 11.9. The van der Waals surface area contributed by atoms with Crippen molar-refractivity contribution in [3.63, 3.8) is 0 Å². The molecule has 0 bridgehead atoms. The topological polar surface area (TPSA) is 89.8 Å². The third-order valence-corrected chi connectivity index (χ3v) is 2.57. The molecule has 0 radical (unpaired) electrons.